The summed E-state index contributed by atoms with van der Waals surface area (Å²) in [5, 5.41) is 3.16. The molecule has 1 N–H and O–H groups in total. The number of benzene rings is 3. The second-order valence-electron chi connectivity index (χ2n) is 6.45. The van der Waals surface area contributed by atoms with E-state index in [1.807, 2.05) is 55.5 Å². The summed E-state index contributed by atoms with van der Waals surface area (Å²) in [6.07, 6.45) is 1.66. The Bertz CT molecular complexity index is 1120. The molecule has 0 aliphatic carbocycles. The molecule has 140 valence electrons. The van der Waals surface area contributed by atoms with Crippen molar-refractivity contribution in [1.29, 1.82) is 0 Å². The first kappa shape index (κ1) is 17.8. The van der Waals surface area contributed by atoms with Crippen LogP contribution in [0.2, 0.25) is 0 Å². The topological polar surface area (TPSA) is 47.3 Å². The average Bonchev–Trinajstić information content (AvgIpc) is 3.17. The van der Waals surface area contributed by atoms with E-state index in [9.17, 15) is 4.39 Å². The molecule has 0 spiro atoms. The number of nitrogens with zero attached hydrogens (tertiary/aromatic N) is 1. The van der Waals surface area contributed by atoms with Gasteiger partial charge in [-0.25, -0.2) is 9.37 Å². The molecule has 0 aliphatic heterocycles. The van der Waals surface area contributed by atoms with Gasteiger partial charge in [0.1, 0.15) is 11.6 Å². The lowest BCUT2D eigenvalue weighted by Gasteiger charge is -2.09. The number of aryl methyl sites for hydroxylation is 1. The molecule has 1 aromatic heterocycles. The lowest BCUT2D eigenvalue weighted by molar-refractivity contribution is 0.416. The first-order valence-corrected chi connectivity index (χ1v) is 8.86. The Balaban J connectivity index is 1.62. The molecule has 0 saturated carbocycles. The van der Waals surface area contributed by atoms with E-state index in [1.54, 1.807) is 19.4 Å². The van der Waals surface area contributed by atoms with Crippen molar-refractivity contribution >= 4 is 11.7 Å². The highest BCUT2D eigenvalue weighted by molar-refractivity contribution is 5.71. The zero-order valence-corrected chi connectivity index (χ0v) is 15.6. The summed E-state index contributed by atoms with van der Waals surface area (Å²) in [5.74, 6) is 1.06. The number of aromatic nitrogens is 1. The second kappa shape index (κ2) is 7.56. The monoisotopic (exact) mass is 374 g/mol. The number of rotatable bonds is 5. The maximum absolute atomic E-state index is 13.5. The molecule has 0 amide bonds. The maximum Gasteiger partial charge on any atom is 0.299 e. The molecule has 5 heteroatoms. The summed E-state index contributed by atoms with van der Waals surface area (Å²) in [6, 6.07) is 20.4. The van der Waals surface area contributed by atoms with Gasteiger partial charge in [-0.05, 0) is 53.9 Å². The predicted molar refractivity (Wildman–Crippen MR) is 108 cm³/mol. The van der Waals surface area contributed by atoms with Gasteiger partial charge in [-0.3, -0.25) is 0 Å². The minimum atomic E-state index is -0.263. The third kappa shape index (κ3) is 3.74. The Morgan fingerprint density at radius 2 is 1.68 bits per heavy atom. The molecule has 1 heterocycles. The fraction of sp³-hybridized carbons (Fsp3) is 0.0870. The van der Waals surface area contributed by atoms with E-state index in [-0.39, 0.29) is 5.82 Å². The van der Waals surface area contributed by atoms with Crippen molar-refractivity contribution in [3.8, 4) is 28.2 Å². The summed E-state index contributed by atoms with van der Waals surface area (Å²) in [5.41, 5.74) is 4.45. The molecule has 0 radical (unpaired) electrons. The summed E-state index contributed by atoms with van der Waals surface area (Å²) in [6.45, 7) is 2.00. The van der Waals surface area contributed by atoms with Gasteiger partial charge in [-0.15, -0.1) is 0 Å². The maximum atomic E-state index is 13.5. The van der Waals surface area contributed by atoms with Crippen LogP contribution in [0.25, 0.3) is 22.5 Å². The summed E-state index contributed by atoms with van der Waals surface area (Å²) >= 11 is 0. The minimum Gasteiger partial charge on any atom is -0.495 e. The number of oxazole rings is 1. The highest BCUT2D eigenvalue weighted by Gasteiger charge is 2.11. The Kier molecular flexibility index (Phi) is 4.81. The molecular weight excluding hydrogens is 355 g/mol. The van der Waals surface area contributed by atoms with Gasteiger partial charge in [0.2, 0.25) is 0 Å². The van der Waals surface area contributed by atoms with Crippen LogP contribution in [0.15, 0.2) is 77.3 Å². The van der Waals surface area contributed by atoms with Crippen molar-refractivity contribution < 1.29 is 13.5 Å². The number of hydrogen-bond donors (Lipinski definition) is 1. The van der Waals surface area contributed by atoms with Crippen molar-refractivity contribution in [2.45, 2.75) is 6.92 Å². The van der Waals surface area contributed by atoms with E-state index in [1.165, 1.54) is 12.1 Å². The van der Waals surface area contributed by atoms with E-state index in [0.717, 1.165) is 27.9 Å². The molecule has 0 unspecified atom stereocenters. The third-order valence-corrected chi connectivity index (χ3v) is 4.41. The number of anilines is 2. The molecule has 4 nitrogen and oxygen atoms in total. The largest absolute Gasteiger partial charge is 0.495 e. The summed E-state index contributed by atoms with van der Waals surface area (Å²) < 4.78 is 24.8. The van der Waals surface area contributed by atoms with Gasteiger partial charge in [0, 0.05) is 5.56 Å². The van der Waals surface area contributed by atoms with Gasteiger partial charge < -0.3 is 14.5 Å². The molecule has 0 aliphatic rings. The number of methoxy groups -OCH3 is 1. The minimum absolute atomic E-state index is 0.263. The van der Waals surface area contributed by atoms with Crippen molar-refractivity contribution in [2.24, 2.45) is 0 Å². The Morgan fingerprint density at radius 3 is 2.46 bits per heavy atom. The molecule has 4 aromatic rings. The summed E-state index contributed by atoms with van der Waals surface area (Å²) in [4.78, 5) is 4.32. The summed E-state index contributed by atoms with van der Waals surface area (Å²) in [7, 11) is 1.62. The fourth-order valence-corrected chi connectivity index (χ4v) is 3.02. The van der Waals surface area contributed by atoms with Crippen molar-refractivity contribution in [3.63, 3.8) is 0 Å². The quantitative estimate of drug-likeness (QED) is 0.451. The van der Waals surface area contributed by atoms with Crippen LogP contribution in [0.3, 0.4) is 0 Å². The highest BCUT2D eigenvalue weighted by Crippen LogP contribution is 2.31. The van der Waals surface area contributed by atoms with E-state index in [2.05, 4.69) is 10.3 Å². The number of hydrogen-bond acceptors (Lipinski definition) is 4. The first-order valence-electron chi connectivity index (χ1n) is 8.86. The Morgan fingerprint density at radius 1 is 0.929 bits per heavy atom. The van der Waals surface area contributed by atoms with Crippen LogP contribution in [-0.2, 0) is 0 Å². The standard InChI is InChI=1S/C23H19FN2O2/c1-15-9-10-21(27-2)20(11-15)26-23-25-14-22(28-23)18-7-3-5-16(12-18)17-6-4-8-19(24)13-17/h3-14H,1-2H3,(H,25,26). The van der Waals surface area contributed by atoms with E-state index in [0.29, 0.717) is 17.5 Å². The number of ether oxygens (including phenoxy) is 1. The van der Waals surface area contributed by atoms with E-state index >= 15 is 0 Å². The fourth-order valence-electron chi connectivity index (χ4n) is 3.02. The molecule has 0 bridgehead atoms. The predicted octanol–water partition coefficient (Wildman–Crippen LogP) is 6.21. The highest BCUT2D eigenvalue weighted by atomic mass is 19.1. The van der Waals surface area contributed by atoms with Crippen LogP contribution in [-0.4, -0.2) is 12.1 Å². The zero-order valence-electron chi connectivity index (χ0n) is 15.6. The Hall–Kier alpha value is -3.60. The van der Waals surface area contributed by atoms with E-state index in [4.69, 9.17) is 9.15 Å². The number of nitrogens with one attached hydrogen (secondary N) is 1. The van der Waals surface area contributed by atoms with Gasteiger partial charge >= 0.3 is 0 Å². The van der Waals surface area contributed by atoms with Crippen molar-refractivity contribution in [3.05, 3.63) is 84.3 Å². The van der Waals surface area contributed by atoms with Crippen LogP contribution in [0.1, 0.15) is 5.56 Å². The van der Waals surface area contributed by atoms with Gasteiger partial charge in [-0.2, -0.15) is 0 Å². The van der Waals surface area contributed by atoms with Crippen LogP contribution in [0, 0.1) is 12.7 Å². The number of halogens is 1. The van der Waals surface area contributed by atoms with Crippen LogP contribution in [0.4, 0.5) is 16.1 Å². The van der Waals surface area contributed by atoms with Crippen LogP contribution < -0.4 is 10.1 Å². The molecule has 0 saturated heterocycles. The molecule has 3 aromatic carbocycles. The van der Waals surface area contributed by atoms with E-state index < -0.39 is 0 Å². The molecular formula is C23H19FN2O2. The lowest BCUT2D eigenvalue weighted by atomic mass is 10.0. The first-order chi connectivity index (χ1) is 13.6. The smallest absolute Gasteiger partial charge is 0.299 e. The SMILES string of the molecule is COc1ccc(C)cc1Nc1ncc(-c2cccc(-c3cccc(F)c3)c2)o1. The van der Waals surface area contributed by atoms with Crippen molar-refractivity contribution in [1.82, 2.24) is 4.98 Å². The second-order valence-corrected chi connectivity index (χ2v) is 6.45. The van der Waals surface area contributed by atoms with Crippen molar-refractivity contribution in [2.75, 3.05) is 12.4 Å². The normalized spacial score (nSPS) is 10.7. The molecule has 4 rings (SSSR count). The molecule has 0 fully saturated rings. The van der Waals surface area contributed by atoms with Crippen LogP contribution in [0.5, 0.6) is 5.75 Å². The third-order valence-electron chi connectivity index (χ3n) is 4.41. The van der Waals surface area contributed by atoms with Gasteiger partial charge in [0.05, 0.1) is 19.0 Å². The van der Waals surface area contributed by atoms with Crippen LogP contribution >= 0.6 is 0 Å². The zero-order chi connectivity index (χ0) is 19.5. The van der Waals surface area contributed by atoms with Gasteiger partial charge in [0.15, 0.2) is 5.76 Å². The molecule has 0 atom stereocenters. The van der Waals surface area contributed by atoms with Gasteiger partial charge in [-0.1, -0.05) is 36.4 Å². The average molecular weight is 374 g/mol. The Labute approximate surface area is 162 Å². The lowest BCUT2D eigenvalue weighted by Crippen LogP contribution is -1.95. The molecule has 28 heavy (non-hydrogen) atoms. The van der Waals surface area contributed by atoms with Gasteiger partial charge in [0.25, 0.3) is 6.01 Å².